The second-order valence-electron chi connectivity index (χ2n) is 16.3. The fraction of sp³-hybridized carbons (Fsp3) is 0.632. The average Bonchev–Trinajstić information content (AvgIpc) is 4.00. The largest absolute Gasteiger partial charge is 0.497 e. The van der Waals surface area contributed by atoms with Gasteiger partial charge in [0.15, 0.2) is 0 Å². The zero-order valence-electron chi connectivity index (χ0n) is 31.4. The number of hydrogen-bond donors (Lipinski definition) is 4. The molecule has 2 aromatic rings. The SMILES string of the molecule is C=CC1C[C@]1(NC(=O)[C@@H]1C[C@@H](Oc2nc3cc(OC)ccc3nc2CCCCCC2CC2)CN1C(=O)[C@@H](NC(=O)O)C(C)(C)C)C(=O)NS(=O)(=O)C1CC1. The van der Waals surface area contributed by atoms with Gasteiger partial charge in [0.25, 0.3) is 5.91 Å². The van der Waals surface area contributed by atoms with Crippen molar-refractivity contribution in [2.45, 2.75) is 120 Å². The fourth-order valence-corrected chi connectivity index (χ4v) is 8.60. The Morgan fingerprint density at radius 2 is 1.83 bits per heavy atom. The number of carboxylic acid groups (broad SMARTS) is 1. The van der Waals surface area contributed by atoms with Crippen LogP contribution in [0.25, 0.3) is 11.0 Å². The molecule has 1 aliphatic heterocycles. The Balaban J connectivity index is 1.27. The maximum atomic E-state index is 14.3. The van der Waals surface area contributed by atoms with Crippen LogP contribution in [0, 0.1) is 17.3 Å². The minimum atomic E-state index is -3.91. The summed E-state index contributed by atoms with van der Waals surface area (Å²) in [7, 11) is -2.36. The Kier molecular flexibility index (Phi) is 11.1. The number of hydrogen-bond acceptors (Lipinski definition) is 10. The van der Waals surface area contributed by atoms with E-state index < -0.39 is 74.1 Å². The van der Waals surface area contributed by atoms with Gasteiger partial charge in [-0.05, 0) is 55.6 Å². The minimum Gasteiger partial charge on any atom is -0.497 e. The predicted octanol–water partition coefficient (Wildman–Crippen LogP) is 3.85. The summed E-state index contributed by atoms with van der Waals surface area (Å²) in [5.41, 5.74) is -0.610. The van der Waals surface area contributed by atoms with Crippen molar-refractivity contribution in [3.63, 3.8) is 0 Å². The molecule has 0 bridgehead atoms. The van der Waals surface area contributed by atoms with E-state index in [0.29, 0.717) is 41.7 Å². The number of carbonyl (C=O) groups is 4. The van der Waals surface area contributed by atoms with E-state index in [-0.39, 0.29) is 25.3 Å². The molecule has 1 saturated heterocycles. The van der Waals surface area contributed by atoms with Gasteiger partial charge in [0.2, 0.25) is 27.7 Å². The second-order valence-corrected chi connectivity index (χ2v) is 18.2. The Hall–Kier alpha value is -4.47. The molecule has 15 nitrogen and oxygen atoms in total. The van der Waals surface area contributed by atoms with Crippen molar-refractivity contribution in [3.8, 4) is 11.6 Å². The summed E-state index contributed by atoms with van der Waals surface area (Å²) in [6.45, 7) is 8.79. The summed E-state index contributed by atoms with van der Waals surface area (Å²) in [5, 5.41) is 14.1. The third kappa shape index (κ3) is 8.90. The van der Waals surface area contributed by atoms with Gasteiger partial charge in [-0.15, -0.1) is 6.58 Å². The smallest absolute Gasteiger partial charge is 0.405 e. The van der Waals surface area contributed by atoms with Gasteiger partial charge in [-0.25, -0.2) is 23.2 Å². The first-order chi connectivity index (χ1) is 25.5. The molecule has 2 heterocycles. The van der Waals surface area contributed by atoms with Crippen LogP contribution in [0.2, 0.25) is 0 Å². The third-order valence-corrected chi connectivity index (χ3v) is 12.7. The lowest BCUT2D eigenvalue weighted by Crippen LogP contribution is -2.60. The van der Waals surface area contributed by atoms with Crippen molar-refractivity contribution in [3.05, 3.63) is 36.5 Å². The van der Waals surface area contributed by atoms with Gasteiger partial charge < -0.3 is 30.1 Å². The highest BCUT2D eigenvalue weighted by molar-refractivity contribution is 7.91. The molecular weight excluding hydrogens is 717 g/mol. The molecule has 0 radical (unpaired) electrons. The van der Waals surface area contributed by atoms with Gasteiger partial charge in [-0.3, -0.25) is 19.1 Å². The lowest BCUT2D eigenvalue weighted by Gasteiger charge is -2.35. The first-order valence-corrected chi connectivity index (χ1v) is 20.4. The summed E-state index contributed by atoms with van der Waals surface area (Å²) in [5.74, 6) is -1.05. The van der Waals surface area contributed by atoms with Crippen molar-refractivity contribution in [2.75, 3.05) is 13.7 Å². The number of likely N-dealkylation sites (tertiary alicyclic amines) is 1. The number of methoxy groups -OCH3 is 1. The molecule has 54 heavy (non-hydrogen) atoms. The molecule has 3 aliphatic carbocycles. The molecule has 1 aromatic heterocycles. The summed E-state index contributed by atoms with van der Waals surface area (Å²) >= 11 is 0. The molecule has 4 aliphatic rings. The molecule has 0 spiro atoms. The molecule has 1 unspecified atom stereocenters. The van der Waals surface area contributed by atoms with Gasteiger partial charge >= 0.3 is 6.09 Å². The maximum Gasteiger partial charge on any atom is 0.405 e. The van der Waals surface area contributed by atoms with Crippen molar-refractivity contribution in [2.24, 2.45) is 17.3 Å². The average molecular weight is 769 g/mol. The molecular formula is C38H52N6O9S. The second kappa shape index (κ2) is 15.3. The van der Waals surface area contributed by atoms with Crippen LogP contribution < -0.4 is 24.8 Å². The molecule has 4 N–H and O–H groups in total. The number of fused-ring (bicyclic) bond motifs is 1. The summed E-state index contributed by atoms with van der Waals surface area (Å²) < 4.78 is 39.5. The Morgan fingerprint density at radius 3 is 2.44 bits per heavy atom. The number of sulfonamides is 1. The van der Waals surface area contributed by atoms with Crippen LogP contribution in [0.15, 0.2) is 30.9 Å². The van der Waals surface area contributed by atoms with Crippen LogP contribution in [0.4, 0.5) is 4.79 Å². The molecule has 4 fully saturated rings. The van der Waals surface area contributed by atoms with Crippen molar-refractivity contribution >= 4 is 44.9 Å². The first-order valence-electron chi connectivity index (χ1n) is 18.9. The minimum absolute atomic E-state index is 0.0169. The van der Waals surface area contributed by atoms with Crippen LogP contribution in [0.1, 0.15) is 90.7 Å². The Labute approximate surface area is 316 Å². The van der Waals surface area contributed by atoms with Crippen LogP contribution in [-0.2, 0) is 30.8 Å². The molecule has 3 saturated carbocycles. The van der Waals surface area contributed by atoms with Gasteiger partial charge in [0.1, 0.15) is 35.2 Å². The normalized spacial score (nSPS) is 24.4. The van der Waals surface area contributed by atoms with E-state index in [0.717, 1.165) is 25.2 Å². The lowest BCUT2D eigenvalue weighted by molar-refractivity contribution is -0.142. The lowest BCUT2D eigenvalue weighted by atomic mass is 9.85. The van der Waals surface area contributed by atoms with Gasteiger partial charge in [0, 0.05) is 18.4 Å². The molecule has 1 aromatic carbocycles. The molecule has 4 amide bonds. The third-order valence-electron chi connectivity index (χ3n) is 10.9. The van der Waals surface area contributed by atoms with Crippen molar-refractivity contribution < 1.29 is 42.2 Å². The van der Waals surface area contributed by atoms with Gasteiger partial charge in [0.05, 0.1) is 29.9 Å². The standard InChI is InChI=1S/C38H52N6O9S/c1-6-23-20-38(23,35(47)43-54(50,51)26-15-16-26)42-32(45)30-19-25(21-44(30)34(46)31(37(2,3)4)41-36(48)49)53-33-28(11-9-7-8-10-22-12-13-22)39-27-17-14-24(52-5)18-29(27)40-33/h6,14,17-18,22-23,25-26,30-31,41H,1,7-13,15-16,19-21H2,2-5H3,(H,42,45)(H,43,47)(H,48,49)/t23?,25-,30+,31-,38-/m1/s1. The topological polar surface area (TPSA) is 206 Å². The number of benzene rings is 1. The highest BCUT2D eigenvalue weighted by Gasteiger charge is 2.62. The van der Waals surface area contributed by atoms with Crippen LogP contribution in [0.5, 0.6) is 11.6 Å². The number of aryl methyl sites for hydroxylation is 1. The number of amides is 4. The van der Waals surface area contributed by atoms with Crippen LogP contribution in [0.3, 0.4) is 0 Å². The summed E-state index contributed by atoms with van der Waals surface area (Å²) in [6, 6.07) is 2.96. The monoisotopic (exact) mass is 768 g/mol. The maximum absolute atomic E-state index is 14.3. The molecule has 6 rings (SSSR count). The number of carbonyl (C=O) groups excluding carboxylic acids is 3. The van der Waals surface area contributed by atoms with Crippen molar-refractivity contribution in [1.82, 2.24) is 30.2 Å². The van der Waals surface area contributed by atoms with E-state index in [4.69, 9.17) is 19.4 Å². The van der Waals surface area contributed by atoms with E-state index in [9.17, 15) is 32.7 Å². The van der Waals surface area contributed by atoms with Gasteiger partial charge in [-0.2, -0.15) is 0 Å². The number of nitrogens with one attached hydrogen (secondary N) is 3. The van der Waals surface area contributed by atoms with E-state index in [1.54, 1.807) is 33.9 Å². The highest BCUT2D eigenvalue weighted by atomic mass is 32.2. The van der Waals surface area contributed by atoms with E-state index in [2.05, 4.69) is 21.9 Å². The first kappa shape index (κ1) is 39.2. The predicted molar refractivity (Wildman–Crippen MR) is 199 cm³/mol. The number of rotatable bonds is 17. The highest BCUT2D eigenvalue weighted by Crippen LogP contribution is 2.45. The summed E-state index contributed by atoms with van der Waals surface area (Å²) in [6.07, 6.45) is 7.80. The number of ether oxygens (including phenoxy) is 2. The van der Waals surface area contributed by atoms with Crippen LogP contribution in [-0.4, -0.2) is 94.8 Å². The van der Waals surface area contributed by atoms with Gasteiger partial charge in [-0.1, -0.05) is 59.0 Å². The van der Waals surface area contributed by atoms with E-state index in [1.807, 2.05) is 12.1 Å². The van der Waals surface area contributed by atoms with E-state index >= 15 is 0 Å². The van der Waals surface area contributed by atoms with Crippen LogP contribution >= 0.6 is 0 Å². The Morgan fingerprint density at radius 1 is 1.09 bits per heavy atom. The molecule has 5 atom stereocenters. The van der Waals surface area contributed by atoms with Crippen molar-refractivity contribution in [1.29, 1.82) is 0 Å². The number of aromatic nitrogens is 2. The number of nitrogens with zero attached hydrogens (tertiary/aromatic N) is 3. The molecule has 16 heteroatoms. The summed E-state index contributed by atoms with van der Waals surface area (Å²) in [4.78, 5) is 64.8. The zero-order chi connectivity index (χ0) is 39.0. The molecule has 294 valence electrons. The number of unbranched alkanes of at least 4 members (excludes halogenated alkanes) is 2. The Bertz CT molecular complexity index is 1910. The fourth-order valence-electron chi connectivity index (χ4n) is 7.24. The zero-order valence-corrected chi connectivity index (χ0v) is 32.2. The quantitative estimate of drug-likeness (QED) is 0.134. The van der Waals surface area contributed by atoms with E-state index in [1.165, 1.54) is 30.2 Å².